The Morgan fingerprint density at radius 3 is 2.88 bits per heavy atom. The summed E-state index contributed by atoms with van der Waals surface area (Å²) in [7, 11) is 0. The molecule has 0 aliphatic carbocycles. The second-order valence-electron chi connectivity index (χ2n) is 5.09. The second-order valence-corrected chi connectivity index (χ2v) is 6.42. The summed E-state index contributed by atoms with van der Waals surface area (Å²) in [6.07, 6.45) is 3.06. The van der Waals surface area contributed by atoms with Gasteiger partial charge in [-0.25, -0.2) is 0 Å². The van der Waals surface area contributed by atoms with Crippen LogP contribution in [-0.4, -0.2) is 16.0 Å². The quantitative estimate of drug-likeness (QED) is 0.620. The lowest BCUT2D eigenvalue weighted by molar-refractivity contribution is -0.116. The minimum atomic E-state index is -0.276. The Morgan fingerprint density at radius 1 is 1.24 bits per heavy atom. The molecule has 0 fully saturated rings. The van der Waals surface area contributed by atoms with Gasteiger partial charge in [-0.2, -0.15) is 4.98 Å². The van der Waals surface area contributed by atoms with Crippen molar-refractivity contribution in [2.45, 2.75) is 6.54 Å². The SMILES string of the molecule is O=C(C=Cc1ccccc1Cl)NCc1nc(-c2cccc(Br)c2)no1. The lowest BCUT2D eigenvalue weighted by Gasteiger charge is -1.98. The van der Waals surface area contributed by atoms with E-state index in [1.807, 2.05) is 42.5 Å². The number of rotatable bonds is 5. The minimum Gasteiger partial charge on any atom is -0.343 e. The minimum absolute atomic E-state index is 0.146. The van der Waals surface area contributed by atoms with Crippen LogP contribution in [0.1, 0.15) is 11.5 Å². The summed E-state index contributed by atoms with van der Waals surface area (Å²) in [6, 6.07) is 14.8. The average molecular weight is 419 g/mol. The number of carbonyl (C=O) groups is 1. The van der Waals surface area contributed by atoms with E-state index >= 15 is 0 Å². The lowest BCUT2D eigenvalue weighted by Crippen LogP contribution is -2.20. The molecular formula is C18H13BrClN3O2. The molecule has 5 nitrogen and oxygen atoms in total. The van der Waals surface area contributed by atoms with E-state index < -0.39 is 0 Å². The van der Waals surface area contributed by atoms with Gasteiger partial charge in [0.15, 0.2) is 0 Å². The van der Waals surface area contributed by atoms with Crippen molar-refractivity contribution in [1.82, 2.24) is 15.5 Å². The summed E-state index contributed by atoms with van der Waals surface area (Å²) in [4.78, 5) is 16.2. The fraction of sp³-hybridized carbons (Fsp3) is 0.0556. The average Bonchev–Trinajstić information content (AvgIpc) is 3.08. The summed E-state index contributed by atoms with van der Waals surface area (Å²) in [5.74, 6) is 0.522. The molecule has 0 radical (unpaired) electrons. The number of carbonyl (C=O) groups excluding carboxylic acids is 1. The Balaban J connectivity index is 1.59. The first-order valence-electron chi connectivity index (χ1n) is 7.41. The van der Waals surface area contributed by atoms with E-state index in [1.54, 1.807) is 12.1 Å². The predicted octanol–water partition coefficient (Wildman–Crippen LogP) is 4.48. The van der Waals surface area contributed by atoms with Crippen LogP contribution in [0.15, 0.2) is 63.6 Å². The summed E-state index contributed by atoms with van der Waals surface area (Å²) in [5.41, 5.74) is 1.60. The van der Waals surface area contributed by atoms with Crippen molar-refractivity contribution in [1.29, 1.82) is 0 Å². The summed E-state index contributed by atoms with van der Waals surface area (Å²) in [6.45, 7) is 0.146. The first-order chi connectivity index (χ1) is 12.1. The number of aromatic nitrogens is 2. The topological polar surface area (TPSA) is 68.0 Å². The molecule has 0 saturated carbocycles. The monoisotopic (exact) mass is 417 g/mol. The molecule has 0 spiro atoms. The third-order valence-electron chi connectivity index (χ3n) is 3.28. The zero-order valence-corrected chi connectivity index (χ0v) is 15.3. The Labute approximate surface area is 157 Å². The maximum Gasteiger partial charge on any atom is 0.246 e. The largest absolute Gasteiger partial charge is 0.343 e. The third kappa shape index (κ3) is 4.78. The van der Waals surface area contributed by atoms with Gasteiger partial charge >= 0.3 is 0 Å². The van der Waals surface area contributed by atoms with E-state index in [2.05, 4.69) is 31.4 Å². The van der Waals surface area contributed by atoms with Crippen LogP contribution in [0, 0.1) is 0 Å². The van der Waals surface area contributed by atoms with Gasteiger partial charge in [0.2, 0.25) is 17.6 Å². The van der Waals surface area contributed by atoms with Gasteiger partial charge in [0.05, 0.1) is 6.54 Å². The molecule has 1 aromatic heterocycles. The number of amides is 1. The Morgan fingerprint density at radius 2 is 2.08 bits per heavy atom. The van der Waals surface area contributed by atoms with E-state index in [0.717, 1.165) is 15.6 Å². The zero-order chi connectivity index (χ0) is 17.6. The molecule has 0 atom stereocenters. The normalized spacial score (nSPS) is 11.0. The third-order valence-corrected chi connectivity index (χ3v) is 4.12. The van der Waals surface area contributed by atoms with Crippen molar-refractivity contribution in [2.24, 2.45) is 0 Å². The molecule has 0 unspecified atom stereocenters. The summed E-state index contributed by atoms with van der Waals surface area (Å²) < 4.78 is 6.08. The molecule has 0 aliphatic heterocycles. The maximum atomic E-state index is 11.9. The number of hydrogen-bond donors (Lipinski definition) is 1. The second kappa shape index (κ2) is 8.09. The van der Waals surface area contributed by atoms with Crippen LogP contribution >= 0.6 is 27.5 Å². The van der Waals surface area contributed by atoms with Crippen LogP contribution in [-0.2, 0) is 11.3 Å². The Hall–Kier alpha value is -2.44. The van der Waals surface area contributed by atoms with E-state index in [-0.39, 0.29) is 12.5 Å². The van der Waals surface area contributed by atoms with E-state index in [0.29, 0.717) is 16.7 Å². The van der Waals surface area contributed by atoms with Gasteiger partial charge in [-0.1, -0.05) is 63.0 Å². The van der Waals surface area contributed by atoms with E-state index in [1.165, 1.54) is 6.08 Å². The molecule has 126 valence electrons. The highest BCUT2D eigenvalue weighted by molar-refractivity contribution is 9.10. The van der Waals surface area contributed by atoms with E-state index in [9.17, 15) is 4.79 Å². The fourth-order valence-electron chi connectivity index (χ4n) is 2.07. The van der Waals surface area contributed by atoms with Gasteiger partial charge in [0, 0.05) is 21.1 Å². The van der Waals surface area contributed by atoms with Gasteiger partial charge in [-0.3, -0.25) is 4.79 Å². The number of hydrogen-bond acceptors (Lipinski definition) is 4. The maximum absolute atomic E-state index is 11.9. The summed E-state index contributed by atoms with van der Waals surface area (Å²) >= 11 is 9.43. The number of halogens is 2. The van der Waals surface area contributed by atoms with Gasteiger partial charge in [-0.05, 0) is 29.8 Å². The molecule has 0 saturated heterocycles. The van der Waals surface area contributed by atoms with Gasteiger partial charge in [0.1, 0.15) is 0 Å². The van der Waals surface area contributed by atoms with Crippen molar-refractivity contribution in [3.63, 3.8) is 0 Å². The molecule has 0 bridgehead atoms. The highest BCUT2D eigenvalue weighted by Crippen LogP contribution is 2.20. The zero-order valence-electron chi connectivity index (χ0n) is 12.9. The number of benzene rings is 2. The highest BCUT2D eigenvalue weighted by atomic mass is 79.9. The number of nitrogens with zero attached hydrogens (tertiary/aromatic N) is 2. The van der Waals surface area contributed by atoms with Crippen molar-refractivity contribution < 1.29 is 9.32 Å². The molecule has 1 N–H and O–H groups in total. The highest BCUT2D eigenvalue weighted by Gasteiger charge is 2.09. The van der Waals surface area contributed by atoms with Crippen LogP contribution in [0.3, 0.4) is 0 Å². The lowest BCUT2D eigenvalue weighted by atomic mass is 10.2. The van der Waals surface area contributed by atoms with Crippen LogP contribution in [0.5, 0.6) is 0 Å². The molecule has 25 heavy (non-hydrogen) atoms. The number of nitrogens with one attached hydrogen (secondary N) is 1. The molecule has 2 aromatic carbocycles. The van der Waals surface area contributed by atoms with Crippen LogP contribution in [0.4, 0.5) is 0 Å². The Bertz CT molecular complexity index is 924. The van der Waals surface area contributed by atoms with Crippen molar-refractivity contribution in [3.8, 4) is 11.4 Å². The molecule has 0 aliphatic rings. The predicted molar refractivity (Wildman–Crippen MR) is 99.8 cm³/mol. The van der Waals surface area contributed by atoms with Gasteiger partial charge in [0.25, 0.3) is 0 Å². The molecule has 7 heteroatoms. The van der Waals surface area contributed by atoms with Crippen LogP contribution in [0.25, 0.3) is 17.5 Å². The first kappa shape index (κ1) is 17.4. The fourth-order valence-corrected chi connectivity index (χ4v) is 2.67. The van der Waals surface area contributed by atoms with Gasteiger partial charge in [-0.15, -0.1) is 0 Å². The van der Waals surface area contributed by atoms with Crippen LogP contribution < -0.4 is 5.32 Å². The van der Waals surface area contributed by atoms with Crippen molar-refractivity contribution >= 4 is 39.5 Å². The van der Waals surface area contributed by atoms with E-state index in [4.69, 9.17) is 16.1 Å². The molecule has 3 rings (SSSR count). The van der Waals surface area contributed by atoms with Crippen molar-refractivity contribution in [3.05, 3.63) is 75.6 Å². The molecule has 1 heterocycles. The smallest absolute Gasteiger partial charge is 0.246 e. The Kier molecular flexibility index (Phi) is 5.63. The molecule has 3 aromatic rings. The molecule has 1 amide bonds. The first-order valence-corrected chi connectivity index (χ1v) is 8.58. The molecular weight excluding hydrogens is 406 g/mol. The van der Waals surface area contributed by atoms with Crippen LogP contribution in [0.2, 0.25) is 5.02 Å². The summed E-state index contributed by atoms with van der Waals surface area (Å²) in [5, 5.41) is 7.19. The van der Waals surface area contributed by atoms with Gasteiger partial charge < -0.3 is 9.84 Å². The van der Waals surface area contributed by atoms with Crippen molar-refractivity contribution in [2.75, 3.05) is 0 Å². The standard InChI is InChI=1S/C18H13BrClN3O2/c19-14-6-3-5-13(10-14)18-22-17(25-23-18)11-21-16(24)9-8-12-4-1-2-7-15(12)20/h1-10H,11H2,(H,21,24).